The van der Waals surface area contributed by atoms with Crippen molar-refractivity contribution < 1.29 is 18.7 Å². The molecular formula is C23H24FN3O3S. The molecule has 2 heterocycles. The van der Waals surface area contributed by atoms with E-state index >= 15 is 0 Å². The zero-order valence-electron chi connectivity index (χ0n) is 17.4. The summed E-state index contributed by atoms with van der Waals surface area (Å²) in [6, 6.07) is 13.2. The topological polar surface area (TPSA) is 54.0 Å². The minimum Gasteiger partial charge on any atom is -0.497 e. The molecule has 1 amide bonds. The summed E-state index contributed by atoms with van der Waals surface area (Å²) < 4.78 is 24.2. The van der Waals surface area contributed by atoms with Gasteiger partial charge in [-0.3, -0.25) is 9.69 Å². The SMILES string of the molecule is COc1ccc(N2C(=S)NC(c3ccc(F)cc3)C(C(=O)N3CCOCC3)=C2C)cc1. The average molecular weight is 442 g/mol. The predicted molar refractivity (Wildman–Crippen MR) is 120 cm³/mol. The highest BCUT2D eigenvalue weighted by Gasteiger charge is 2.36. The third-order valence-corrected chi connectivity index (χ3v) is 5.85. The smallest absolute Gasteiger partial charge is 0.254 e. The molecule has 0 saturated carbocycles. The Bertz CT molecular complexity index is 1000. The Morgan fingerprint density at radius 2 is 1.77 bits per heavy atom. The lowest BCUT2D eigenvalue weighted by molar-refractivity contribution is -0.131. The number of hydrogen-bond acceptors (Lipinski definition) is 4. The van der Waals surface area contributed by atoms with Crippen LogP contribution >= 0.6 is 12.2 Å². The van der Waals surface area contributed by atoms with E-state index in [4.69, 9.17) is 21.7 Å². The first kappa shape index (κ1) is 21.3. The van der Waals surface area contributed by atoms with Crippen molar-refractivity contribution in [3.8, 4) is 5.75 Å². The number of allylic oxidation sites excluding steroid dienone is 1. The number of morpholine rings is 1. The van der Waals surface area contributed by atoms with E-state index in [9.17, 15) is 9.18 Å². The van der Waals surface area contributed by atoms with Gasteiger partial charge in [-0.05, 0) is 61.1 Å². The van der Waals surface area contributed by atoms with Crippen LogP contribution in [0.1, 0.15) is 18.5 Å². The largest absolute Gasteiger partial charge is 0.497 e. The van der Waals surface area contributed by atoms with E-state index in [1.165, 1.54) is 12.1 Å². The van der Waals surface area contributed by atoms with Crippen molar-refractivity contribution in [3.05, 3.63) is 71.2 Å². The Balaban J connectivity index is 1.79. The van der Waals surface area contributed by atoms with Crippen LogP contribution in [0.4, 0.5) is 10.1 Å². The molecule has 2 aliphatic rings. The minimum atomic E-state index is -0.474. The van der Waals surface area contributed by atoms with Crippen molar-refractivity contribution in [2.45, 2.75) is 13.0 Å². The summed E-state index contributed by atoms with van der Waals surface area (Å²) in [6.45, 7) is 3.96. The molecule has 162 valence electrons. The molecule has 2 aromatic rings. The molecule has 1 saturated heterocycles. The van der Waals surface area contributed by atoms with E-state index in [1.807, 2.05) is 36.1 Å². The van der Waals surface area contributed by atoms with Crippen molar-refractivity contribution in [1.29, 1.82) is 0 Å². The molecule has 1 atom stereocenters. The molecule has 4 rings (SSSR count). The molecule has 31 heavy (non-hydrogen) atoms. The summed E-state index contributed by atoms with van der Waals surface area (Å²) in [5.74, 6) is 0.322. The number of methoxy groups -OCH3 is 1. The van der Waals surface area contributed by atoms with Gasteiger partial charge in [-0.1, -0.05) is 12.1 Å². The van der Waals surface area contributed by atoms with Crippen LogP contribution in [-0.4, -0.2) is 49.3 Å². The summed E-state index contributed by atoms with van der Waals surface area (Å²) in [5.41, 5.74) is 2.91. The van der Waals surface area contributed by atoms with Gasteiger partial charge in [-0.2, -0.15) is 0 Å². The van der Waals surface area contributed by atoms with E-state index in [1.54, 1.807) is 24.1 Å². The van der Waals surface area contributed by atoms with Crippen LogP contribution in [0.25, 0.3) is 0 Å². The number of rotatable bonds is 4. The lowest BCUT2D eigenvalue weighted by Gasteiger charge is -2.40. The van der Waals surface area contributed by atoms with Gasteiger partial charge in [0.05, 0.1) is 31.9 Å². The second-order valence-electron chi connectivity index (χ2n) is 7.37. The van der Waals surface area contributed by atoms with Crippen LogP contribution in [-0.2, 0) is 9.53 Å². The van der Waals surface area contributed by atoms with Crippen molar-refractivity contribution in [2.24, 2.45) is 0 Å². The highest BCUT2D eigenvalue weighted by molar-refractivity contribution is 7.80. The van der Waals surface area contributed by atoms with Crippen LogP contribution in [0.5, 0.6) is 5.75 Å². The van der Waals surface area contributed by atoms with Crippen LogP contribution in [0.2, 0.25) is 0 Å². The molecule has 2 aliphatic heterocycles. The first-order chi connectivity index (χ1) is 15.0. The lowest BCUT2D eigenvalue weighted by atomic mass is 9.93. The molecule has 1 fully saturated rings. The van der Waals surface area contributed by atoms with Gasteiger partial charge < -0.3 is 19.7 Å². The van der Waals surface area contributed by atoms with Crippen LogP contribution in [0.3, 0.4) is 0 Å². The number of nitrogens with one attached hydrogen (secondary N) is 1. The van der Waals surface area contributed by atoms with Gasteiger partial charge in [0, 0.05) is 24.5 Å². The summed E-state index contributed by atoms with van der Waals surface area (Å²) in [4.78, 5) is 17.2. The summed E-state index contributed by atoms with van der Waals surface area (Å²) >= 11 is 5.68. The Morgan fingerprint density at radius 3 is 2.39 bits per heavy atom. The van der Waals surface area contributed by atoms with E-state index in [0.717, 1.165) is 22.7 Å². The van der Waals surface area contributed by atoms with Gasteiger partial charge in [-0.15, -0.1) is 0 Å². The number of benzene rings is 2. The number of nitrogens with zero attached hydrogens (tertiary/aromatic N) is 2. The Hall–Kier alpha value is -2.97. The van der Waals surface area contributed by atoms with Crippen LogP contribution in [0.15, 0.2) is 59.8 Å². The number of ether oxygens (including phenoxy) is 2. The summed E-state index contributed by atoms with van der Waals surface area (Å²) in [5, 5.41) is 3.76. The lowest BCUT2D eigenvalue weighted by Crippen LogP contribution is -2.51. The van der Waals surface area contributed by atoms with E-state index < -0.39 is 6.04 Å². The number of thiocarbonyl (C=S) groups is 1. The summed E-state index contributed by atoms with van der Waals surface area (Å²) in [6.07, 6.45) is 0. The predicted octanol–water partition coefficient (Wildman–Crippen LogP) is 3.40. The first-order valence-corrected chi connectivity index (χ1v) is 10.5. The maximum atomic E-state index is 13.6. The Morgan fingerprint density at radius 1 is 1.13 bits per heavy atom. The van der Waals surface area contributed by atoms with Gasteiger partial charge >= 0.3 is 0 Å². The number of anilines is 1. The highest BCUT2D eigenvalue weighted by atomic mass is 32.1. The fourth-order valence-electron chi connectivity index (χ4n) is 3.90. The third-order valence-electron chi connectivity index (χ3n) is 5.55. The standard InChI is InChI=1S/C23H24FN3O3S/c1-15-20(22(28)26-11-13-30-14-12-26)21(16-3-5-17(24)6-4-16)25-23(31)27(15)18-7-9-19(29-2)10-8-18/h3-10,21H,11-14H2,1-2H3,(H,25,31). The van der Waals surface area contributed by atoms with Gasteiger partial charge in [0.1, 0.15) is 11.6 Å². The Labute approximate surface area is 186 Å². The molecule has 0 aliphatic carbocycles. The monoisotopic (exact) mass is 441 g/mol. The minimum absolute atomic E-state index is 0.0800. The van der Waals surface area contributed by atoms with Gasteiger partial charge in [0.25, 0.3) is 5.91 Å². The molecule has 2 aromatic carbocycles. The molecule has 0 spiro atoms. The fraction of sp³-hybridized carbons (Fsp3) is 0.304. The number of amides is 1. The molecule has 0 aromatic heterocycles. The molecule has 6 nitrogen and oxygen atoms in total. The Kier molecular flexibility index (Phi) is 6.20. The zero-order chi connectivity index (χ0) is 22.0. The summed E-state index contributed by atoms with van der Waals surface area (Å²) in [7, 11) is 1.61. The quantitative estimate of drug-likeness (QED) is 0.734. The van der Waals surface area contributed by atoms with Gasteiger partial charge in [0.2, 0.25) is 0 Å². The van der Waals surface area contributed by atoms with Crippen molar-refractivity contribution in [2.75, 3.05) is 38.3 Å². The van der Waals surface area contributed by atoms with Gasteiger partial charge in [0.15, 0.2) is 5.11 Å². The average Bonchev–Trinajstić information content (AvgIpc) is 2.80. The second kappa shape index (κ2) is 9.03. The zero-order valence-corrected chi connectivity index (χ0v) is 18.2. The van der Waals surface area contributed by atoms with Crippen molar-refractivity contribution in [1.82, 2.24) is 10.2 Å². The molecule has 1 unspecified atom stereocenters. The van der Waals surface area contributed by atoms with E-state index in [0.29, 0.717) is 37.0 Å². The van der Waals surface area contributed by atoms with E-state index in [2.05, 4.69) is 5.32 Å². The number of hydrogen-bond donors (Lipinski definition) is 1. The molecule has 8 heteroatoms. The van der Waals surface area contributed by atoms with E-state index in [-0.39, 0.29) is 11.7 Å². The molecular weight excluding hydrogens is 417 g/mol. The fourth-order valence-corrected chi connectivity index (χ4v) is 4.26. The van der Waals surface area contributed by atoms with Gasteiger partial charge in [-0.25, -0.2) is 4.39 Å². The maximum Gasteiger partial charge on any atom is 0.254 e. The normalized spacial score (nSPS) is 19.3. The first-order valence-electron chi connectivity index (χ1n) is 10.1. The highest BCUT2D eigenvalue weighted by Crippen LogP contribution is 2.35. The maximum absolute atomic E-state index is 13.6. The molecule has 0 radical (unpaired) electrons. The molecule has 1 N–H and O–H groups in total. The second-order valence-corrected chi connectivity index (χ2v) is 7.76. The van der Waals surface area contributed by atoms with Crippen LogP contribution in [0, 0.1) is 5.82 Å². The van der Waals surface area contributed by atoms with Crippen molar-refractivity contribution in [3.63, 3.8) is 0 Å². The molecule has 0 bridgehead atoms. The van der Waals surface area contributed by atoms with Crippen molar-refractivity contribution >= 4 is 28.9 Å². The van der Waals surface area contributed by atoms with Crippen LogP contribution < -0.4 is 15.0 Å². The number of carbonyl (C=O) groups is 1. The number of carbonyl (C=O) groups excluding carboxylic acids is 1. The third kappa shape index (κ3) is 4.26. The number of halogens is 1.